The highest BCUT2D eigenvalue weighted by Gasteiger charge is 2.28. The molecule has 0 aromatic heterocycles. The number of allylic oxidation sites excluding steroid dienone is 1. The summed E-state index contributed by atoms with van der Waals surface area (Å²) in [5, 5.41) is 18.9. The van der Waals surface area contributed by atoms with Crippen LogP contribution in [-0.2, 0) is 0 Å². The molecule has 16 heavy (non-hydrogen) atoms. The average molecular weight is 280 g/mol. The van der Waals surface area contributed by atoms with Crippen LogP contribution in [0.5, 0.6) is 0 Å². The lowest BCUT2D eigenvalue weighted by Crippen LogP contribution is -1.96. The van der Waals surface area contributed by atoms with Gasteiger partial charge in [-0.15, -0.1) is 0 Å². The molecule has 1 aliphatic rings. The molecule has 1 unspecified atom stereocenters. The van der Waals surface area contributed by atoms with Crippen molar-refractivity contribution >= 4 is 21.7 Å². The number of benzene rings is 1. The number of fused-ring (bicyclic) bond motifs is 1. The molecule has 3 nitrogen and oxygen atoms in total. The van der Waals surface area contributed by atoms with Gasteiger partial charge in [0.25, 0.3) is 0 Å². The highest BCUT2D eigenvalue weighted by Crippen LogP contribution is 2.36. The molecule has 82 valence electrons. The molecule has 0 heterocycles. The minimum absolute atomic E-state index is 0.0863. The summed E-state index contributed by atoms with van der Waals surface area (Å²) in [6.07, 6.45) is 1.47. The van der Waals surface area contributed by atoms with Crippen molar-refractivity contribution in [3.63, 3.8) is 0 Å². The molecule has 4 heteroatoms. The van der Waals surface area contributed by atoms with E-state index in [1.54, 1.807) is 0 Å². The summed E-state index contributed by atoms with van der Waals surface area (Å²) >= 11 is 3.38. The lowest BCUT2D eigenvalue weighted by molar-refractivity contribution is 0.506. The Balaban J connectivity index is 2.66. The van der Waals surface area contributed by atoms with Crippen LogP contribution in [0.25, 0.3) is 10.7 Å². The van der Waals surface area contributed by atoms with E-state index in [1.807, 2.05) is 18.2 Å². The zero-order valence-corrected chi connectivity index (χ0v) is 10.5. The van der Waals surface area contributed by atoms with Gasteiger partial charge in [-0.05, 0) is 30.0 Å². The number of aliphatic hydroxyl groups is 1. The molecule has 0 saturated carbocycles. The monoisotopic (exact) mass is 279 g/mol. The first kappa shape index (κ1) is 11.2. The van der Waals surface area contributed by atoms with E-state index >= 15 is 0 Å². The Morgan fingerprint density at radius 1 is 1.50 bits per heavy atom. The number of hydrogen-bond donors (Lipinski definition) is 1. The molecule has 0 spiro atoms. The summed E-state index contributed by atoms with van der Waals surface area (Å²) < 4.78 is 0.907. The molecule has 1 aliphatic carbocycles. The van der Waals surface area contributed by atoms with Crippen LogP contribution in [0.15, 0.2) is 28.4 Å². The normalized spacial score (nSPS) is 19.9. The fourth-order valence-electron chi connectivity index (χ4n) is 2.04. The van der Waals surface area contributed by atoms with E-state index in [4.69, 9.17) is 5.39 Å². The van der Waals surface area contributed by atoms with Crippen LogP contribution in [-0.4, -0.2) is 5.11 Å². The van der Waals surface area contributed by atoms with Gasteiger partial charge in [0.1, 0.15) is 0 Å². The van der Waals surface area contributed by atoms with Crippen LogP contribution in [0, 0.1) is 5.39 Å². The first-order chi connectivity index (χ1) is 7.63. The smallest absolute Gasteiger partial charge is 0.403 e. The molecule has 0 saturated heterocycles. The fraction of sp³-hybridized carbons (Fsp3) is 0.333. The van der Waals surface area contributed by atoms with E-state index in [2.05, 4.69) is 27.8 Å². The zero-order chi connectivity index (χ0) is 11.7. The van der Waals surface area contributed by atoms with Gasteiger partial charge in [-0.2, -0.15) is 0 Å². The molecular weight excluding hydrogens is 268 g/mol. The van der Waals surface area contributed by atoms with Gasteiger partial charge in [-0.25, -0.2) is 0 Å². The molecule has 0 bridgehead atoms. The summed E-state index contributed by atoms with van der Waals surface area (Å²) in [6.45, 7) is 2.11. The third-order valence-electron chi connectivity index (χ3n) is 3.01. The topological polar surface area (TPSA) is 48.4 Å². The van der Waals surface area contributed by atoms with Crippen molar-refractivity contribution in [2.45, 2.75) is 25.7 Å². The van der Waals surface area contributed by atoms with Crippen molar-refractivity contribution < 1.29 is 5.11 Å². The summed E-state index contributed by atoms with van der Waals surface area (Å²) in [5.41, 5.74) is 2.22. The maximum Gasteiger partial charge on any atom is 0.403 e. The summed E-state index contributed by atoms with van der Waals surface area (Å²) in [6, 6.07) is 5.82. The van der Waals surface area contributed by atoms with Crippen molar-refractivity contribution in [3.8, 4) is 0 Å². The Morgan fingerprint density at radius 2 is 2.25 bits per heavy atom. The molecule has 2 rings (SSSR count). The van der Waals surface area contributed by atoms with Crippen molar-refractivity contribution in [2.75, 3.05) is 0 Å². The maximum atomic E-state index is 10.0. The predicted octanol–water partition coefficient (Wildman–Crippen LogP) is 4.43. The number of nitrogens with zero attached hydrogens (tertiary/aromatic N) is 2. The third-order valence-corrected chi connectivity index (χ3v) is 3.50. The molecule has 1 aromatic rings. The number of hydrogen-bond acceptors (Lipinski definition) is 2. The SMILES string of the molecule is CC1CCC([N+]#N)=C(O)c2cc(Br)ccc21. The first-order valence-corrected chi connectivity index (χ1v) is 6.00. The number of diazo groups is 1. The summed E-state index contributed by atoms with van der Waals surface area (Å²) in [5.74, 6) is 0.438. The minimum atomic E-state index is 0.0863. The van der Waals surface area contributed by atoms with Crippen molar-refractivity contribution in [1.82, 2.24) is 0 Å². The lowest BCUT2D eigenvalue weighted by atomic mass is 9.94. The Hall–Kier alpha value is -1.34. The molecule has 0 radical (unpaired) electrons. The average Bonchev–Trinajstić information content (AvgIpc) is 2.39. The zero-order valence-electron chi connectivity index (χ0n) is 8.94. The van der Waals surface area contributed by atoms with Crippen LogP contribution < -0.4 is 0 Å². The van der Waals surface area contributed by atoms with Gasteiger partial charge in [0, 0.05) is 10.0 Å². The van der Waals surface area contributed by atoms with Crippen LogP contribution in [0.2, 0.25) is 0 Å². The number of halogens is 1. The van der Waals surface area contributed by atoms with Crippen LogP contribution in [0.1, 0.15) is 36.8 Å². The quantitative estimate of drug-likeness (QED) is 0.715. The van der Waals surface area contributed by atoms with Gasteiger partial charge >= 0.3 is 5.70 Å². The van der Waals surface area contributed by atoms with Gasteiger partial charge in [0.05, 0.1) is 6.42 Å². The fourth-order valence-corrected chi connectivity index (χ4v) is 2.40. The second-order valence-corrected chi connectivity index (χ2v) is 4.98. The molecule has 1 atom stereocenters. The first-order valence-electron chi connectivity index (χ1n) is 5.20. The van der Waals surface area contributed by atoms with Crippen molar-refractivity contribution in [2.24, 2.45) is 0 Å². The van der Waals surface area contributed by atoms with Crippen LogP contribution in [0.4, 0.5) is 0 Å². The largest absolute Gasteiger partial charge is 0.501 e. The van der Waals surface area contributed by atoms with E-state index in [0.717, 1.165) is 22.0 Å². The van der Waals surface area contributed by atoms with Gasteiger partial charge in [-0.1, -0.05) is 28.9 Å². The van der Waals surface area contributed by atoms with E-state index in [-0.39, 0.29) is 5.76 Å². The number of rotatable bonds is 0. The molecule has 0 amide bonds. The lowest BCUT2D eigenvalue weighted by Gasteiger charge is -2.11. The van der Waals surface area contributed by atoms with Crippen LogP contribution >= 0.6 is 15.9 Å². The molecular formula is C12H12BrN2O+. The molecule has 1 aromatic carbocycles. The van der Waals surface area contributed by atoms with Gasteiger partial charge in [-0.3, -0.25) is 0 Å². The van der Waals surface area contributed by atoms with Gasteiger partial charge < -0.3 is 5.11 Å². The predicted molar refractivity (Wildman–Crippen MR) is 66.4 cm³/mol. The highest BCUT2D eigenvalue weighted by atomic mass is 79.9. The van der Waals surface area contributed by atoms with E-state index < -0.39 is 0 Å². The van der Waals surface area contributed by atoms with E-state index in [1.165, 1.54) is 0 Å². The van der Waals surface area contributed by atoms with E-state index in [0.29, 0.717) is 18.0 Å². The Morgan fingerprint density at radius 3 is 2.94 bits per heavy atom. The molecule has 1 N–H and O–H groups in total. The second-order valence-electron chi connectivity index (χ2n) is 4.07. The molecule has 0 aliphatic heterocycles. The van der Waals surface area contributed by atoms with E-state index in [9.17, 15) is 5.11 Å². The second kappa shape index (κ2) is 4.26. The highest BCUT2D eigenvalue weighted by molar-refractivity contribution is 9.10. The standard InChI is InChI=1S/C12H11BrN2O/c1-7-2-5-11(15-14)12(16)10-6-8(13)3-4-9(7)10/h3-4,6-7H,2,5H2,1H3/p+1. The van der Waals surface area contributed by atoms with Crippen molar-refractivity contribution in [1.29, 1.82) is 5.39 Å². The van der Waals surface area contributed by atoms with Gasteiger partial charge in [0.15, 0.2) is 4.98 Å². The Labute approximate surface area is 103 Å². The minimum Gasteiger partial charge on any atom is -0.501 e. The summed E-state index contributed by atoms with van der Waals surface area (Å²) in [7, 11) is 0. The summed E-state index contributed by atoms with van der Waals surface area (Å²) in [4.78, 5) is 3.17. The Bertz CT molecular complexity index is 502. The molecule has 0 fully saturated rings. The third kappa shape index (κ3) is 1.83. The van der Waals surface area contributed by atoms with Crippen LogP contribution in [0.3, 0.4) is 0 Å². The Kier molecular flexibility index (Phi) is 2.97. The maximum absolute atomic E-state index is 10.0. The van der Waals surface area contributed by atoms with Crippen molar-refractivity contribution in [3.05, 3.63) is 44.5 Å². The number of aliphatic hydroxyl groups excluding tert-OH is 1. The van der Waals surface area contributed by atoms with Gasteiger partial charge in [0.2, 0.25) is 11.2 Å².